The lowest BCUT2D eigenvalue weighted by molar-refractivity contribution is 0.187. The minimum absolute atomic E-state index is 0.333. The average Bonchev–Trinajstić information content (AvgIpc) is 3.01. The van der Waals surface area contributed by atoms with Gasteiger partial charge in [0.2, 0.25) is 0 Å². The van der Waals surface area contributed by atoms with Crippen molar-refractivity contribution in [1.29, 1.82) is 0 Å². The van der Waals surface area contributed by atoms with Crippen LogP contribution in [-0.2, 0) is 4.74 Å². The lowest BCUT2D eigenvalue weighted by atomic mass is 10.0. The Balaban J connectivity index is 1.86. The first-order chi connectivity index (χ1) is 9.28. The van der Waals surface area contributed by atoms with Gasteiger partial charge < -0.3 is 15.0 Å². The van der Waals surface area contributed by atoms with Gasteiger partial charge in [0.25, 0.3) is 0 Å². The summed E-state index contributed by atoms with van der Waals surface area (Å²) in [7, 11) is 0. The van der Waals surface area contributed by atoms with E-state index >= 15 is 0 Å². The van der Waals surface area contributed by atoms with Crippen molar-refractivity contribution >= 4 is 11.0 Å². The number of rotatable bonds is 4. The average molecular weight is 259 g/mol. The molecule has 2 N–H and O–H groups in total. The van der Waals surface area contributed by atoms with Crippen LogP contribution in [0.1, 0.15) is 30.7 Å². The highest BCUT2D eigenvalue weighted by molar-refractivity contribution is 5.75. The molecular formula is C15H21N3O. The zero-order valence-electron chi connectivity index (χ0n) is 11.6. The van der Waals surface area contributed by atoms with Crippen LogP contribution < -0.4 is 5.32 Å². The van der Waals surface area contributed by atoms with Gasteiger partial charge in [-0.05, 0) is 37.6 Å². The molecule has 1 aromatic heterocycles. The van der Waals surface area contributed by atoms with Gasteiger partial charge >= 0.3 is 0 Å². The molecular weight excluding hydrogens is 238 g/mol. The van der Waals surface area contributed by atoms with Crippen LogP contribution in [0.4, 0.5) is 0 Å². The number of imidazole rings is 1. The third kappa shape index (κ3) is 2.51. The van der Waals surface area contributed by atoms with Gasteiger partial charge in [-0.3, -0.25) is 0 Å². The Morgan fingerprint density at radius 2 is 2.32 bits per heavy atom. The van der Waals surface area contributed by atoms with Crippen LogP contribution in [0, 0.1) is 6.92 Å². The lowest BCUT2D eigenvalue weighted by Gasteiger charge is -2.16. The number of benzene rings is 1. The first-order valence-corrected chi connectivity index (χ1v) is 7.05. The Hall–Kier alpha value is -1.39. The van der Waals surface area contributed by atoms with Crippen molar-refractivity contribution in [2.75, 3.05) is 19.8 Å². The van der Waals surface area contributed by atoms with Gasteiger partial charge in [0.05, 0.1) is 30.2 Å². The highest BCUT2D eigenvalue weighted by atomic mass is 16.5. The number of hydrogen-bond acceptors (Lipinski definition) is 3. The fraction of sp³-hybridized carbons (Fsp3) is 0.533. The number of H-pyrrole nitrogens is 1. The quantitative estimate of drug-likeness (QED) is 0.886. The van der Waals surface area contributed by atoms with E-state index < -0.39 is 0 Å². The van der Waals surface area contributed by atoms with Crippen LogP contribution in [0.15, 0.2) is 18.2 Å². The SMILES string of the molecule is CCCNC1COCC1c1nc2ccc(C)cc2[nH]1. The van der Waals surface area contributed by atoms with E-state index in [0.717, 1.165) is 43.0 Å². The van der Waals surface area contributed by atoms with Crippen LogP contribution in [0.2, 0.25) is 0 Å². The molecule has 1 aromatic carbocycles. The van der Waals surface area contributed by atoms with E-state index in [1.807, 2.05) is 0 Å². The van der Waals surface area contributed by atoms with E-state index in [1.54, 1.807) is 0 Å². The van der Waals surface area contributed by atoms with Crippen molar-refractivity contribution in [1.82, 2.24) is 15.3 Å². The molecule has 3 rings (SSSR count). The molecule has 1 saturated heterocycles. The Labute approximate surface area is 113 Å². The van der Waals surface area contributed by atoms with E-state index in [0.29, 0.717) is 12.0 Å². The predicted octanol–water partition coefficient (Wildman–Crippen LogP) is 2.35. The molecule has 102 valence electrons. The van der Waals surface area contributed by atoms with E-state index in [-0.39, 0.29) is 0 Å². The molecule has 4 nitrogen and oxygen atoms in total. The molecule has 0 spiro atoms. The minimum Gasteiger partial charge on any atom is -0.379 e. The number of fused-ring (bicyclic) bond motifs is 1. The van der Waals surface area contributed by atoms with Crippen molar-refractivity contribution in [2.24, 2.45) is 0 Å². The Bertz CT molecular complexity index is 564. The third-order valence-electron chi connectivity index (χ3n) is 3.74. The lowest BCUT2D eigenvalue weighted by Crippen LogP contribution is -2.35. The van der Waals surface area contributed by atoms with Crippen LogP contribution in [0.5, 0.6) is 0 Å². The van der Waals surface area contributed by atoms with Crippen LogP contribution in [0.3, 0.4) is 0 Å². The van der Waals surface area contributed by atoms with Gasteiger partial charge in [-0.25, -0.2) is 4.98 Å². The molecule has 2 atom stereocenters. The van der Waals surface area contributed by atoms with E-state index in [1.165, 1.54) is 5.56 Å². The molecule has 0 radical (unpaired) electrons. The van der Waals surface area contributed by atoms with Gasteiger partial charge in [0, 0.05) is 6.04 Å². The molecule has 2 heterocycles. The number of aromatic nitrogens is 2. The molecule has 0 amide bonds. The number of aryl methyl sites for hydroxylation is 1. The number of ether oxygens (including phenoxy) is 1. The zero-order valence-corrected chi connectivity index (χ0v) is 11.6. The van der Waals surface area contributed by atoms with Gasteiger partial charge in [-0.15, -0.1) is 0 Å². The highest BCUT2D eigenvalue weighted by Gasteiger charge is 2.31. The second kappa shape index (κ2) is 5.31. The second-order valence-electron chi connectivity index (χ2n) is 5.35. The third-order valence-corrected chi connectivity index (χ3v) is 3.74. The summed E-state index contributed by atoms with van der Waals surface area (Å²) < 4.78 is 5.62. The molecule has 4 heteroatoms. The molecule has 0 aliphatic carbocycles. The molecule has 1 aliphatic rings. The summed E-state index contributed by atoms with van der Waals surface area (Å²) in [6.07, 6.45) is 1.14. The maximum atomic E-state index is 5.62. The number of nitrogens with one attached hydrogen (secondary N) is 2. The Kier molecular flexibility index (Phi) is 3.53. The first kappa shape index (κ1) is 12.6. The summed E-state index contributed by atoms with van der Waals surface area (Å²) in [4.78, 5) is 8.17. The van der Waals surface area contributed by atoms with Gasteiger partial charge in [0.15, 0.2) is 0 Å². The molecule has 19 heavy (non-hydrogen) atoms. The van der Waals surface area contributed by atoms with Gasteiger partial charge in [0.1, 0.15) is 5.82 Å². The molecule has 1 fully saturated rings. The van der Waals surface area contributed by atoms with Gasteiger partial charge in [-0.1, -0.05) is 13.0 Å². The topological polar surface area (TPSA) is 49.9 Å². The summed E-state index contributed by atoms with van der Waals surface area (Å²) in [5.41, 5.74) is 3.42. The molecule has 0 saturated carbocycles. The predicted molar refractivity (Wildman–Crippen MR) is 76.5 cm³/mol. The smallest absolute Gasteiger partial charge is 0.114 e. The van der Waals surface area contributed by atoms with Gasteiger partial charge in [-0.2, -0.15) is 0 Å². The maximum Gasteiger partial charge on any atom is 0.114 e. The number of aromatic amines is 1. The number of nitrogens with zero attached hydrogens (tertiary/aromatic N) is 1. The maximum absolute atomic E-state index is 5.62. The second-order valence-corrected chi connectivity index (χ2v) is 5.35. The largest absolute Gasteiger partial charge is 0.379 e. The zero-order chi connectivity index (χ0) is 13.2. The monoisotopic (exact) mass is 259 g/mol. The molecule has 2 unspecified atom stereocenters. The summed E-state index contributed by atoms with van der Waals surface area (Å²) in [5.74, 6) is 1.38. The Morgan fingerprint density at radius 1 is 1.42 bits per heavy atom. The summed E-state index contributed by atoms with van der Waals surface area (Å²) in [6, 6.07) is 6.71. The van der Waals surface area contributed by atoms with E-state index in [9.17, 15) is 0 Å². The summed E-state index contributed by atoms with van der Waals surface area (Å²) in [5, 5.41) is 3.55. The van der Waals surface area contributed by atoms with E-state index in [2.05, 4.69) is 42.3 Å². The van der Waals surface area contributed by atoms with Crippen LogP contribution in [-0.4, -0.2) is 35.8 Å². The summed E-state index contributed by atoms with van der Waals surface area (Å²) in [6.45, 7) is 6.84. The van der Waals surface area contributed by atoms with Crippen molar-refractivity contribution < 1.29 is 4.74 Å². The van der Waals surface area contributed by atoms with Crippen molar-refractivity contribution in [2.45, 2.75) is 32.2 Å². The van der Waals surface area contributed by atoms with Crippen molar-refractivity contribution in [3.8, 4) is 0 Å². The van der Waals surface area contributed by atoms with E-state index in [4.69, 9.17) is 9.72 Å². The Morgan fingerprint density at radius 3 is 3.16 bits per heavy atom. The molecule has 0 bridgehead atoms. The standard InChI is InChI=1S/C15H21N3O/c1-3-6-16-14-9-19-8-11(14)15-17-12-5-4-10(2)7-13(12)18-15/h4-5,7,11,14,16H,3,6,8-9H2,1-2H3,(H,17,18). The van der Waals surface area contributed by atoms with Crippen LogP contribution >= 0.6 is 0 Å². The molecule has 2 aromatic rings. The normalized spacial score (nSPS) is 23.3. The van der Waals surface area contributed by atoms with Crippen molar-refractivity contribution in [3.63, 3.8) is 0 Å². The fourth-order valence-electron chi connectivity index (χ4n) is 2.67. The minimum atomic E-state index is 0.333. The summed E-state index contributed by atoms with van der Waals surface area (Å²) >= 11 is 0. The first-order valence-electron chi connectivity index (χ1n) is 7.05. The highest BCUT2D eigenvalue weighted by Crippen LogP contribution is 2.26. The fourth-order valence-corrected chi connectivity index (χ4v) is 2.67. The van der Waals surface area contributed by atoms with Crippen molar-refractivity contribution in [3.05, 3.63) is 29.6 Å². The van der Waals surface area contributed by atoms with Crippen LogP contribution in [0.25, 0.3) is 11.0 Å². The molecule has 1 aliphatic heterocycles. The number of hydrogen-bond donors (Lipinski definition) is 2.